The average molecular weight is 350 g/mol. The van der Waals surface area contributed by atoms with Crippen molar-refractivity contribution in [2.45, 2.75) is 65.2 Å². The molecule has 0 N–H and O–H groups in total. The zero-order valence-electron chi connectivity index (χ0n) is 16.3. The lowest BCUT2D eigenvalue weighted by Crippen LogP contribution is -2.54. The fourth-order valence-electron chi connectivity index (χ4n) is 8.59. The van der Waals surface area contributed by atoms with Crippen molar-refractivity contribution in [1.82, 2.24) is 0 Å². The Morgan fingerprint density at radius 3 is 2.77 bits per heavy atom. The van der Waals surface area contributed by atoms with E-state index >= 15 is 0 Å². The molecular formula is C24H31NO. The van der Waals surface area contributed by atoms with Crippen LogP contribution in [0.3, 0.4) is 0 Å². The van der Waals surface area contributed by atoms with Crippen LogP contribution in [-0.2, 0) is 4.79 Å². The van der Waals surface area contributed by atoms with E-state index in [4.69, 9.17) is 0 Å². The lowest BCUT2D eigenvalue weighted by Gasteiger charge is -2.60. The minimum Gasteiger partial charge on any atom is -0.295 e. The Hall–Kier alpha value is -1.36. The number of ketones is 1. The summed E-state index contributed by atoms with van der Waals surface area (Å²) in [5.41, 5.74) is 1.67. The quantitative estimate of drug-likeness (QED) is 0.621. The van der Waals surface area contributed by atoms with Crippen LogP contribution in [0.25, 0.3) is 0 Å². The lowest BCUT2D eigenvalue weighted by molar-refractivity contribution is -0.118. The van der Waals surface area contributed by atoms with Crippen LogP contribution < -0.4 is 0 Å². The molecule has 2 nitrogen and oxygen atoms in total. The molecule has 4 saturated carbocycles. The summed E-state index contributed by atoms with van der Waals surface area (Å²) >= 11 is 0. The van der Waals surface area contributed by atoms with Gasteiger partial charge < -0.3 is 0 Å². The van der Waals surface area contributed by atoms with Crippen LogP contribution in [0, 0.1) is 57.2 Å². The molecule has 26 heavy (non-hydrogen) atoms. The molecule has 4 fully saturated rings. The molecule has 0 aliphatic heterocycles. The maximum absolute atomic E-state index is 12.0. The molecule has 5 rings (SSSR count). The van der Waals surface area contributed by atoms with Gasteiger partial charge >= 0.3 is 0 Å². The van der Waals surface area contributed by atoms with Gasteiger partial charge in [-0.05, 0) is 91.4 Å². The molecule has 0 amide bonds. The van der Waals surface area contributed by atoms with E-state index in [-0.39, 0.29) is 16.2 Å². The van der Waals surface area contributed by atoms with Gasteiger partial charge in [0.25, 0.3) is 0 Å². The highest BCUT2D eigenvalue weighted by molar-refractivity contribution is 5.91. The van der Waals surface area contributed by atoms with Crippen LogP contribution in [0.2, 0.25) is 0 Å². The smallest absolute Gasteiger partial charge is 0.155 e. The molecule has 138 valence electrons. The zero-order valence-corrected chi connectivity index (χ0v) is 16.3. The molecule has 0 bridgehead atoms. The summed E-state index contributed by atoms with van der Waals surface area (Å²) in [6.45, 7) is 8.90. The maximum Gasteiger partial charge on any atom is 0.155 e. The minimum absolute atomic E-state index is 0.159. The van der Waals surface area contributed by atoms with E-state index in [0.717, 1.165) is 37.5 Å². The zero-order chi connectivity index (χ0) is 18.3. The van der Waals surface area contributed by atoms with Crippen molar-refractivity contribution < 1.29 is 4.79 Å². The third-order valence-corrected chi connectivity index (χ3v) is 9.83. The number of hydrogen-bond acceptors (Lipinski definition) is 2. The van der Waals surface area contributed by atoms with Crippen molar-refractivity contribution in [2.75, 3.05) is 0 Å². The first-order valence-corrected chi connectivity index (χ1v) is 10.7. The predicted molar refractivity (Wildman–Crippen MR) is 102 cm³/mol. The average Bonchev–Trinajstić information content (AvgIpc) is 3.36. The van der Waals surface area contributed by atoms with Crippen LogP contribution in [0.15, 0.2) is 24.3 Å². The number of nitrogens with zero attached hydrogens (tertiary/aromatic N) is 1. The molecule has 0 heterocycles. The molecule has 2 heteroatoms. The summed E-state index contributed by atoms with van der Waals surface area (Å²) in [6.07, 6.45) is 12.7. The monoisotopic (exact) mass is 349 g/mol. The lowest BCUT2D eigenvalue weighted by atomic mass is 9.44. The van der Waals surface area contributed by atoms with Gasteiger partial charge in [-0.1, -0.05) is 25.5 Å². The highest BCUT2D eigenvalue weighted by Gasteiger charge is 2.76. The second-order valence-corrected chi connectivity index (χ2v) is 10.4. The number of rotatable bonds is 2. The normalized spacial score (nSPS) is 54.1. The van der Waals surface area contributed by atoms with Gasteiger partial charge in [0.2, 0.25) is 0 Å². The van der Waals surface area contributed by atoms with E-state index in [1.807, 2.05) is 12.2 Å². The number of fused-ring (bicyclic) bond motifs is 7. The van der Waals surface area contributed by atoms with E-state index in [2.05, 4.69) is 26.5 Å². The van der Waals surface area contributed by atoms with Gasteiger partial charge in [0.15, 0.2) is 5.78 Å². The first-order valence-electron chi connectivity index (χ1n) is 10.7. The van der Waals surface area contributed by atoms with Crippen LogP contribution in [0.1, 0.15) is 65.2 Å². The molecule has 8 atom stereocenters. The van der Waals surface area contributed by atoms with Gasteiger partial charge in [-0.2, -0.15) is 5.26 Å². The first-order chi connectivity index (χ1) is 12.4. The summed E-state index contributed by atoms with van der Waals surface area (Å²) in [4.78, 5) is 12.0. The molecule has 0 aromatic heterocycles. The largest absolute Gasteiger partial charge is 0.295 e. The highest BCUT2D eigenvalue weighted by atomic mass is 16.1. The first kappa shape index (κ1) is 16.8. The Morgan fingerprint density at radius 2 is 2.04 bits per heavy atom. The number of hydrogen-bond donors (Lipinski definition) is 0. The molecule has 0 aromatic carbocycles. The van der Waals surface area contributed by atoms with Gasteiger partial charge in [0.1, 0.15) is 0 Å². The maximum atomic E-state index is 12.0. The third kappa shape index (κ3) is 1.76. The summed E-state index contributed by atoms with van der Waals surface area (Å²) in [6, 6.07) is 2.85. The van der Waals surface area contributed by atoms with E-state index in [0.29, 0.717) is 23.5 Å². The van der Waals surface area contributed by atoms with Crippen molar-refractivity contribution in [3.63, 3.8) is 0 Å². The Balaban J connectivity index is 1.55. The number of carbonyl (C=O) groups is 1. The summed E-state index contributed by atoms with van der Waals surface area (Å²) in [5, 5.41) is 10.3. The fourth-order valence-corrected chi connectivity index (χ4v) is 8.59. The SMILES string of the molecule is C=CC[C@]1(C#N)[C@H]2CC2C2C3CCC4=CC(=O)CC[C@]4(C)C3CC[C@@]21C. The van der Waals surface area contributed by atoms with Gasteiger partial charge in [0.05, 0.1) is 11.5 Å². The van der Waals surface area contributed by atoms with Crippen molar-refractivity contribution >= 4 is 5.78 Å². The van der Waals surface area contributed by atoms with Crippen LogP contribution >= 0.6 is 0 Å². The number of nitriles is 1. The van der Waals surface area contributed by atoms with E-state index < -0.39 is 0 Å². The van der Waals surface area contributed by atoms with Gasteiger partial charge in [0, 0.05) is 6.42 Å². The van der Waals surface area contributed by atoms with E-state index in [9.17, 15) is 10.1 Å². The molecule has 0 saturated heterocycles. The molecule has 4 unspecified atom stereocenters. The van der Waals surface area contributed by atoms with Crippen molar-refractivity contribution in [1.29, 1.82) is 5.26 Å². The molecule has 5 aliphatic rings. The van der Waals surface area contributed by atoms with Gasteiger partial charge in [-0.25, -0.2) is 0 Å². The summed E-state index contributed by atoms with van der Waals surface area (Å²) in [5.74, 6) is 3.90. The highest BCUT2D eigenvalue weighted by Crippen LogP contribution is 2.80. The molecule has 0 spiro atoms. The van der Waals surface area contributed by atoms with Crippen LogP contribution in [0.4, 0.5) is 0 Å². The van der Waals surface area contributed by atoms with Crippen molar-refractivity contribution in [3.05, 3.63) is 24.3 Å². The van der Waals surface area contributed by atoms with E-state index in [1.54, 1.807) is 0 Å². The standard InChI is InChI=1S/C24H31NO/c1-4-9-24(14-25)20-13-18(20)21-17-6-5-15-12-16(26)7-10-22(15,2)19(17)8-11-23(21,24)3/h4,12,17-21H,1,5-11,13H2,2-3H3/t17?,18?,19?,20-,21?,22-,23-,24-/m0/s1. The Morgan fingerprint density at radius 1 is 1.23 bits per heavy atom. The van der Waals surface area contributed by atoms with E-state index in [1.165, 1.54) is 31.3 Å². The topological polar surface area (TPSA) is 40.9 Å². The fraction of sp³-hybridized carbons (Fsp3) is 0.750. The summed E-state index contributed by atoms with van der Waals surface area (Å²) in [7, 11) is 0. The minimum atomic E-state index is -0.172. The molecule has 5 aliphatic carbocycles. The Bertz CT molecular complexity index is 759. The molecular weight excluding hydrogens is 318 g/mol. The van der Waals surface area contributed by atoms with Crippen LogP contribution in [0.5, 0.6) is 0 Å². The number of allylic oxidation sites excluding steroid dienone is 2. The number of carbonyl (C=O) groups excluding carboxylic acids is 1. The Kier molecular flexibility index (Phi) is 3.31. The Labute approximate surface area is 157 Å². The summed E-state index contributed by atoms with van der Waals surface area (Å²) < 4.78 is 0. The van der Waals surface area contributed by atoms with Crippen molar-refractivity contribution in [3.8, 4) is 6.07 Å². The predicted octanol–water partition coefficient (Wildman–Crippen LogP) is 5.46. The van der Waals surface area contributed by atoms with Crippen molar-refractivity contribution in [2.24, 2.45) is 45.8 Å². The van der Waals surface area contributed by atoms with Crippen LogP contribution in [-0.4, -0.2) is 5.78 Å². The van der Waals surface area contributed by atoms with Gasteiger partial charge in [-0.15, -0.1) is 6.58 Å². The third-order valence-electron chi connectivity index (χ3n) is 9.83. The second-order valence-electron chi connectivity index (χ2n) is 10.4. The molecule has 0 aromatic rings. The second kappa shape index (κ2) is 5.12. The van der Waals surface area contributed by atoms with Gasteiger partial charge in [-0.3, -0.25) is 4.79 Å². The molecule has 0 radical (unpaired) electrons.